The number of hydrogen-bond donors (Lipinski definition) is 0. The lowest BCUT2D eigenvalue weighted by atomic mass is 9.76. The largest absolute Gasteiger partial charge is 0.495 e. The summed E-state index contributed by atoms with van der Waals surface area (Å²) in [7, 11) is -0.411. The number of ether oxygens (including phenoxy) is 2. The molecule has 21 heavy (non-hydrogen) atoms. The Hall–Kier alpha value is -0.395. The van der Waals surface area contributed by atoms with Gasteiger partial charge in [0, 0.05) is 10.0 Å². The normalized spacial score (nSPS) is 24.7. The first-order valence-electron chi connectivity index (χ1n) is 7.18. The molecule has 0 aromatic heterocycles. The first kappa shape index (κ1) is 15.5. The summed E-state index contributed by atoms with van der Waals surface area (Å²) in [5.74, 6) is 0. The zero-order chi connectivity index (χ0) is 15.3. The average molecular weight is 355 g/mol. The third-order valence-electron chi connectivity index (χ3n) is 4.43. The van der Waals surface area contributed by atoms with Gasteiger partial charge in [0.15, 0.2) is 6.29 Å². The third-order valence-corrected chi connectivity index (χ3v) is 4.92. The fourth-order valence-electron chi connectivity index (χ4n) is 2.47. The number of hydrogen-bond acceptors (Lipinski definition) is 4. The Bertz CT molecular complexity index is 524. The van der Waals surface area contributed by atoms with Crippen LogP contribution in [-0.4, -0.2) is 31.5 Å². The molecule has 2 aliphatic rings. The molecule has 0 unspecified atom stereocenters. The van der Waals surface area contributed by atoms with Crippen LogP contribution in [0.1, 0.15) is 39.5 Å². The predicted octanol–water partition coefficient (Wildman–Crippen LogP) is 2.79. The molecule has 0 radical (unpaired) electrons. The maximum Gasteiger partial charge on any atom is 0.495 e. The van der Waals surface area contributed by atoms with Crippen molar-refractivity contribution in [3.05, 3.63) is 28.2 Å². The van der Waals surface area contributed by atoms with Crippen LogP contribution in [0.5, 0.6) is 0 Å². The molecule has 6 heteroatoms. The van der Waals surface area contributed by atoms with E-state index in [0.29, 0.717) is 13.2 Å². The minimum atomic E-state index is -0.411. The summed E-state index contributed by atoms with van der Waals surface area (Å²) in [4.78, 5) is 0. The van der Waals surface area contributed by atoms with Crippen LogP contribution in [0.15, 0.2) is 22.7 Å². The van der Waals surface area contributed by atoms with Crippen LogP contribution < -0.4 is 5.46 Å². The van der Waals surface area contributed by atoms with Crippen LogP contribution in [0.4, 0.5) is 0 Å². The van der Waals surface area contributed by atoms with Gasteiger partial charge in [0.2, 0.25) is 0 Å². The molecule has 4 nitrogen and oxygen atoms in total. The van der Waals surface area contributed by atoms with Crippen molar-refractivity contribution in [1.82, 2.24) is 0 Å². The van der Waals surface area contributed by atoms with Gasteiger partial charge < -0.3 is 18.8 Å². The summed E-state index contributed by atoms with van der Waals surface area (Å²) in [6.45, 7) is 9.42. The van der Waals surface area contributed by atoms with Gasteiger partial charge in [-0.05, 0) is 45.3 Å². The van der Waals surface area contributed by atoms with E-state index in [9.17, 15) is 0 Å². The highest BCUT2D eigenvalue weighted by molar-refractivity contribution is 9.10. The van der Waals surface area contributed by atoms with Crippen LogP contribution in [0.25, 0.3) is 0 Å². The van der Waals surface area contributed by atoms with E-state index in [2.05, 4.69) is 15.9 Å². The van der Waals surface area contributed by atoms with Crippen LogP contribution in [0.3, 0.4) is 0 Å². The van der Waals surface area contributed by atoms with Gasteiger partial charge in [0.1, 0.15) is 0 Å². The van der Waals surface area contributed by atoms with Gasteiger partial charge in [0.25, 0.3) is 0 Å². The molecular formula is C15H20BBrO4. The Kier molecular flexibility index (Phi) is 3.95. The van der Waals surface area contributed by atoms with Gasteiger partial charge in [-0.3, -0.25) is 0 Å². The minimum absolute atomic E-state index is 0.350. The van der Waals surface area contributed by atoms with Crippen molar-refractivity contribution in [3.8, 4) is 0 Å². The Balaban J connectivity index is 1.96. The Labute approximate surface area is 134 Å². The van der Waals surface area contributed by atoms with Crippen molar-refractivity contribution in [1.29, 1.82) is 0 Å². The van der Waals surface area contributed by atoms with Crippen molar-refractivity contribution >= 4 is 28.5 Å². The topological polar surface area (TPSA) is 36.9 Å². The second-order valence-corrected chi connectivity index (χ2v) is 7.35. The maximum absolute atomic E-state index is 6.14. The van der Waals surface area contributed by atoms with Gasteiger partial charge >= 0.3 is 7.12 Å². The molecule has 1 aromatic rings. The van der Waals surface area contributed by atoms with Crippen molar-refractivity contribution in [2.45, 2.75) is 45.2 Å². The lowest BCUT2D eigenvalue weighted by Crippen LogP contribution is -2.41. The molecule has 0 saturated carbocycles. The summed E-state index contributed by atoms with van der Waals surface area (Å²) >= 11 is 3.50. The van der Waals surface area contributed by atoms with Gasteiger partial charge in [-0.2, -0.15) is 0 Å². The standard InChI is InChI=1S/C15H20BBrO4/c1-14(2)15(3,4)21-16(20-14)12-6-5-10(17)9-11(12)13-18-7-8-19-13/h5-6,9,13H,7-8H2,1-4H3. The van der Waals surface area contributed by atoms with E-state index in [1.54, 1.807) is 0 Å². The molecule has 3 rings (SSSR count). The van der Waals surface area contributed by atoms with Gasteiger partial charge in [-0.15, -0.1) is 0 Å². The quantitative estimate of drug-likeness (QED) is 0.765. The van der Waals surface area contributed by atoms with Crippen molar-refractivity contribution in [2.75, 3.05) is 13.2 Å². The molecule has 2 aliphatic heterocycles. The predicted molar refractivity (Wildman–Crippen MR) is 84.5 cm³/mol. The van der Waals surface area contributed by atoms with E-state index in [1.807, 2.05) is 45.9 Å². The highest BCUT2D eigenvalue weighted by Gasteiger charge is 2.52. The van der Waals surface area contributed by atoms with Crippen LogP contribution in [0.2, 0.25) is 0 Å². The van der Waals surface area contributed by atoms with Gasteiger partial charge in [0.05, 0.1) is 24.4 Å². The third kappa shape index (κ3) is 2.80. The van der Waals surface area contributed by atoms with E-state index in [4.69, 9.17) is 18.8 Å². The molecule has 0 atom stereocenters. The zero-order valence-electron chi connectivity index (χ0n) is 12.8. The SMILES string of the molecule is CC1(C)OB(c2ccc(Br)cc2C2OCCO2)OC1(C)C. The number of benzene rings is 1. The fourth-order valence-corrected chi connectivity index (χ4v) is 2.85. The smallest absolute Gasteiger partial charge is 0.399 e. The van der Waals surface area contributed by atoms with Crippen molar-refractivity contribution < 1.29 is 18.8 Å². The van der Waals surface area contributed by atoms with Crippen molar-refractivity contribution in [3.63, 3.8) is 0 Å². The molecule has 0 amide bonds. The van der Waals surface area contributed by atoms with Gasteiger partial charge in [-0.1, -0.05) is 22.0 Å². The Morgan fingerprint density at radius 2 is 1.62 bits per heavy atom. The molecule has 0 N–H and O–H groups in total. The van der Waals surface area contributed by atoms with Crippen LogP contribution in [-0.2, 0) is 18.8 Å². The minimum Gasteiger partial charge on any atom is -0.399 e. The van der Waals surface area contributed by atoms with E-state index >= 15 is 0 Å². The molecular weight excluding hydrogens is 335 g/mol. The fraction of sp³-hybridized carbons (Fsp3) is 0.600. The zero-order valence-corrected chi connectivity index (χ0v) is 14.4. The summed E-state index contributed by atoms with van der Waals surface area (Å²) in [6.07, 6.45) is -0.350. The molecule has 0 spiro atoms. The maximum atomic E-state index is 6.14. The average Bonchev–Trinajstić information content (AvgIpc) is 2.96. The van der Waals surface area contributed by atoms with Crippen LogP contribution in [0, 0.1) is 0 Å². The molecule has 1 aromatic carbocycles. The van der Waals surface area contributed by atoms with E-state index < -0.39 is 7.12 Å². The lowest BCUT2D eigenvalue weighted by molar-refractivity contribution is -0.0435. The number of rotatable bonds is 2. The van der Waals surface area contributed by atoms with Crippen molar-refractivity contribution in [2.24, 2.45) is 0 Å². The molecule has 0 aliphatic carbocycles. The monoisotopic (exact) mass is 354 g/mol. The molecule has 2 fully saturated rings. The van der Waals surface area contributed by atoms with Gasteiger partial charge in [-0.25, -0.2) is 0 Å². The summed E-state index contributed by atoms with van der Waals surface area (Å²) in [6, 6.07) is 6.00. The van der Waals surface area contributed by atoms with E-state index in [0.717, 1.165) is 15.5 Å². The second kappa shape index (κ2) is 5.35. The Morgan fingerprint density at radius 1 is 1.05 bits per heavy atom. The van der Waals surface area contributed by atoms with Crippen LogP contribution >= 0.6 is 15.9 Å². The molecule has 0 bridgehead atoms. The molecule has 2 saturated heterocycles. The summed E-state index contributed by atoms with van der Waals surface area (Å²) < 4.78 is 24.6. The highest BCUT2D eigenvalue weighted by atomic mass is 79.9. The second-order valence-electron chi connectivity index (χ2n) is 6.43. The van der Waals surface area contributed by atoms with E-state index in [1.165, 1.54) is 0 Å². The highest BCUT2D eigenvalue weighted by Crippen LogP contribution is 2.37. The molecule has 2 heterocycles. The first-order chi connectivity index (χ1) is 9.80. The summed E-state index contributed by atoms with van der Waals surface area (Å²) in [5, 5.41) is 0. The number of halogens is 1. The molecule has 114 valence electrons. The van der Waals surface area contributed by atoms with E-state index in [-0.39, 0.29) is 17.5 Å². The first-order valence-corrected chi connectivity index (χ1v) is 7.98. The Morgan fingerprint density at radius 3 is 2.19 bits per heavy atom. The lowest BCUT2D eigenvalue weighted by Gasteiger charge is -2.32. The summed E-state index contributed by atoms with van der Waals surface area (Å²) in [5.41, 5.74) is 1.20.